The second kappa shape index (κ2) is 7.58. The summed E-state index contributed by atoms with van der Waals surface area (Å²) in [6.45, 7) is 6.70. The monoisotopic (exact) mass is 344 g/mol. The van der Waals surface area contributed by atoms with Gasteiger partial charge in [0.05, 0.1) is 26.7 Å². The first kappa shape index (κ1) is 18.0. The molecule has 3 rings (SSSR count). The molecule has 1 aromatic heterocycles. The van der Waals surface area contributed by atoms with E-state index in [4.69, 9.17) is 14.2 Å². The molecule has 0 aliphatic carbocycles. The van der Waals surface area contributed by atoms with Gasteiger partial charge in [0, 0.05) is 37.2 Å². The van der Waals surface area contributed by atoms with Crippen molar-refractivity contribution in [2.45, 2.75) is 45.4 Å². The summed E-state index contributed by atoms with van der Waals surface area (Å²) < 4.78 is 19.9. The number of aryl methyl sites for hydroxylation is 1. The number of nitrogens with zero attached hydrogens (tertiary/aromatic N) is 2. The van der Waals surface area contributed by atoms with E-state index in [1.165, 1.54) is 5.56 Å². The Hall–Kier alpha value is -1.85. The van der Waals surface area contributed by atoms with Crippen molar-refractivity contribution < 1.29 is 14.2 Å². The van der Waals surface area contributed by atoms with E-state index in [9.17, 15) is 0 Å². The Kier molecular flexibility index (Phi) is 5.45. The van der Waals surface area contributed by atoms with Gasteiger partial charge in [0.25, 0.3) is 0 Å². The summed E-state index contributed by atoms with van der Waals surface area (Å²) in [4.78, 5) is 4.10. The maximum Gasteiger partial charge on any atom is 0.172 e. The minimum absolute atomic E-state index is 0.0633. The van der Waals surface area contributed by atoms with Gasteiger partial charge in [-0.25, -0.2) is 4.98 Å². The molecule has 1 aliphatic rings. The third kappa shape index (κ3) is 4.83. The van der Waals surface area contributed by atoms with Crippen molar-refractivity contribution in [3.05, 3.63) is 48.5 Å². The smallest absolute Gasteiger partial charge is 0.172 e. The summed E-state index contributed by atoms with van der Waals surface area (Å²) in [5, 5.41) is 0. The molecule has 1 aromatic carbocycles. The molecule has 0 radical (unpaired) electrons. The van der Waals surface area contributed by atoms with Crippen LogP contribution in [0.25, 0.3) is 0 Å². The largest absolute Gasteiger partial charge is 0.497 e. The van der Waals surface area contributed by atoms with Crippen molar-refractivity contribution in [1.82, 2.24) is 9.55 Å². The van der Waals surface area contributed by atoms with Crippen molar-refractivity contribution in [3.8, 4) is 5.75 Å². The Labute approximate surface area is 149 Å². The number of imidazole rings is 1. The van der Waals surface area contributed by atoms with Gasteiger partial charge in [-0.3, -0.25) is 0 Å². The first-order valence-electron chi connectivity index (χ1n) is 8.87. The zero-order valence-electron chi connectivity index (χ0n) is 15.4. The summed E-state index contributed by atoms with van der Waals surface area (Å²) >= 11 is 0. The van der Waals surface area contributed by atoms with Gasteiger partial charge in [0.15, 0.2) is 5.79 Å². The Morgan fingerprint density at radius 2 is 1.88 bits per heavy atom. The predicted molar refractivity (Wildman–Crippen MR) is 96.6 cm³/mol. The van der Waals surface area contributed by atoms with Crippen molar-refractivity contribution in [1.29, 1.82) is 0 Å². The average molecular weight is 344 g/mol. The summed E-state index contributed by atoms with van der Waals surface area (Å²) in [5.74, 6) is 0.314. The Morgan fingerprint density at radius 1 is 1.16 bits per heavy atom. The molecule has 0 N–H and O–H groups in total. The lowest BCUT2D eigenvalue weighted by atomic mass is 9.92. The van der Waals surface area contributed by atoms with Crippen molar-refractivity contribution in [3.63, 3.8) is 0 Å². The highest BCUT2D eigenvalue weighted by Gasteiger charge is 2.40. The average Bonchev–Trinajstić information content (AvgIpc) is 3.12. The van der Waals surface area contributed by atoms with E-state index < -0.39 is 5.79 Å². The number of ether oxygens (including phenoxy) is 3. The van der Waals surface area contributed by atoms with Gasteiger partial charge in [-0.1, -0.05) is 26.0 Å². The van der Waals surface area contributed by atoms with Crippen LogP contribution >= 0.6 is 0 Å². The third-order valence-electron chi connectivity index (χ3n) is 4.62. The van der Waals surface area contributed by atoms with Crippen molar-refractivity contribution in [2.24, 2.45) is 5.41 Å². The standard InChI is InChI=1S/C20H28N2O3/c1-19(2)14-24-20(25-15-19,9-4-11-22-12-10-21-16-22)13-17-5-7-18(23-3)8-6-17/h5-8,10,12,16H,4,9,11,13-15H2,1-3H3. The second-order valence-corrected chi connectivity index (χ2v) is 7.58. The fraction of sp³-hybridized carbons (Fsp3) is 0.550. The molecular weight excluding hydrogens is 316 g/mol. The van der Waals surface area contributed by atoms with E-state index in [0.717, 1.165) is 31.6 Å². The van der Waals surface area contributed by atoms with Gasteiger partial charge in [-0.2, -0.15) is 0 Å². The molecule has 5 heteroatoms. The highest BCUT2D eigenvalue weighted by molar-refractivity contribution is 5.27. The molecule has 136 valence electrons. The van der Waals surface area contributed by atoms with Crippen LogP contribution in [0.4, 0.5) is 0 Å². The molecule has 2 heterocycles. The van der Waals surface area contributed by atoms with Crippen LogP contribution in [0.1, 0.15) is 32.3 Å². The molecule has 0 bridgehead atoms. The normalized spacial score (nSPS) is 18.8. The fourth-order valence-electron chi connectivity index (χ4n) is 3.08. The van der Waals surface area contributed by atoms with E-state index in [2.05, 4.69) is 35.5 Å². The van der Waals surface area contributed by atoms with Gasteiger partial charge < -0.3 is 18.8 Å². The van der Waals surface area contributed by atoms with Crippen molar-refractivity contribution in [2.75, 3.05) is 20.3 Å². The zero-order chi connectivity index (χ0) is 17.8. The molecule has 0 atom stereocenters. The molecule has 1 aliphatic heterocycles. The molecule has 0 spiro atoms. The minimum atomic E-state index is -0.551. The van der Waals surface area contributed by atoms with E-state index in [-0.39, 0.29) is 5.41 Å². The summed E-state index contributed by atoms with van der Waals surface area (Å²) in [6.07, 6.45) is 8.23. The predicted octanol–water partition coefficient (Wildman–Crippen LogP) is 3.68. The molecular formula is C20H28N2O3. The highest BCUT2D eigenvalue weighted by atomic mass is 16.7. The maximum absolute atomic E-state index is 6.28. The van der Waals surface area contributed by atoms with Gasteiger partial charge in [-0.15, -0.1) is 0 Å². The first-order chi connectivity index (χ1) is 12.0. The van der Waals surface area contributed by atoms with Crippen LogP contribution < -0.4 is 4.74 Å². The van der Waals surface area contributed by atoms with Crippen LogP contribution in [-0.2, 0) is 22.4 Å². The number of rotatable bonds is 7. The molecule has 1 fully saturated rings. The van der Waals surface area contributed by atoms with E-state index in [1.807, 2.05) is 30.9 Å². The lowest BCUT2D eigenvalue weighted by Gasteiger charge is -2.44. The zero-order valence-corrected chi connectivity index (χ0v) is 15.4. The first-order valence-corrected chi connectivity index (χ1v) is 8.87. The minimum Gasteiger partial charge on any atom is -0.497 e. The molecule has 1 saturated heterocycles. The van der Waals surface area contributed by atoms with E-state index >= 15 is 0 Å². The van der Waals surface area contributed by atoms with Crippen LogP contribution in [0.5, 0.6) is 5.75 Å². The van der Waals surface area contributed by atoms with Crippen LogP contribution in [0.15, 0.2) is 43.0 Å². The molecule has 0 amide bonds. The number of hydrogen-bond donors (Lipinski definition) is 0. The van der Waals surface area contributed by atoms with Crippen LogP contribution in [0.2, 0.25) is 0 Å². The van der Waals surface area contributed by atoms with Crippen LogP contribution in [-0.4, -0.2) is 35.7 Å². The Bertz CT molecular complexity index is 640. The lowest BCUT2D eigenvalue weighted by Crippen LogP contribution is -2.49. The summed E-state index contributed by atoms with van der Waals surface area (Å²) in [7, 11) is 1.68. The second-order valence-electron chi connectivity index (χ2n) is 7.58. The van der Waals surface area contributed by atoms with Gasteiger partial charge in [-0.05, 0) is 24.1 Å². The number of aromatic nitrogens is 2. The number of methoxy groups -OCH3 is 1. The van der Waals surface area contributed by atoms with Gasteiger partial charge >= 0.3 is 0 Å². The van der Waals surface area contributed by atoms with Crippen LogP contribution in [0.3, 0.4) is 0 Å². The maximum atomic E-state index is 6.28. The summed E-state index contributed by atoms with van der Waals surface area (Å²) in [5.41, 5.74) is 1.26. The van der Waals surface area contributed by atoms with Crippen LogP contribution in [0, 0.1) is 5.41 Å². The SMILES string of the molecule is COc1ccc(CC2(CCCn3ccnc3)OCC(C)(C)CO2)cc1. The van der Waals surface area contributed by atoms with E-state index in [0.29, 0.717) is 13.2 Å². The molecule has 25 heavy (non-hydrogen) atoms. The number of hydrogen-bond acceptors (Lipinski definition) is 4. The van der Waals surface area contributed by atoms with Gasteiger partial charge in [0.2, 0.25) is 0 Å². The van der Waals surface area contributed by atoms with Crippen molar-refractivity contribution >= 4 is 0 Å². The quantitative estimate of drug-likeness (QED) is 0.768. The Balaban J connectivity index is 1.67. The summed E-state index contributed by atoms with van der Waals surface area (Å²) in [6, 6.07) is 8.15. The van der Waals surface area contributed by atoms with E-state index in [1.54, 1.807) is 7.11 Å². The fourth-order valence-corrected chi connectivity index (χ4v) is 3.08. The topological polar surface area (TPSA) is 45.5 Å². The molecule has 2 aromatic rings. The molecule has 5 nitrogen and oxygen atoms in total. The highest BCUT2D eigenvalue weighted by Crippen LogP contribution is 2.35. The molecule has 0 unspecified atom stereocenters. The Morgan fingerprint density at radius 3 is 2.48 bits per heavy atom. The molecule has 0 saturated carbocycles. The van der Waals surface area contributed by atoms with Gasteiger partial charge in [0.1, 0.15) is 5.75 Å². The third-order valence-corrected chi connectivity index (χ3v) is 4.62. The lowest BCUT2D eigenvalue weighted by molar-refractivity contribution is -0.301. The number of benzene rings is 1.